The number of carbonyl (C=O) groups is 1. The molecule has 5 nitrogen and oxygen atoms in total. The molecule has 0 aliphatic heterocycles. The lowest BCUT2D eigenvalue weighted by molar-refractivity contribution is 0.102. The second kappa shape index (κ2) is 7.90. The minimum Gasteiger partial charge on any atom is -0.321 e. The summed E-state index contributed by atoms with van der Waals surface area (Å²) in [5.74, 6) is -0.504. The number of rotatable bonds is 5. The summed E-state index contributed by atoms with van der Waals surface area (Å²) in [6, 6.07) is 14.4. The Bertz CT molecular complexity index is 1060. The van der Waals surface area contributed by atoms with E-state index in [1.807, 2.05) is 0 Å². The van der Waals surface area contributed by atoms with Gasteiger partial charge in [0.1, 0.15) is 9.77 Å². The van der Waals surface area contributed by atoms with Gasteiger partial charge in [-0.3, -0.25) is 9.10 Å². The van der Waals surface area contributed by atoms with Crippen molar-refractivity contribution in [1.29, 1.82) is 0 Å². The minimum absolute atomic E-state index is 0.0589. The first-order chi connectivity index (χ1) is 12.8. The van der Waals surface area contributed by atoms with E-state index in [2.05, 4.69) is 5.32 Å². The van der Waals surface area contributed by atoms with Crippen LogP contribution in [0.4, 0.5) is 11.4 Å². The molecule has 0 spiro atoms. The maximum atomic E-state index is 13.0. The Balaban J connectivity index is 1.89. The molecule has 27 heavy (non-hydrogen) atoms. The molecule has 0 aliphatic rings. The first-order valence-electron chi connectivity index (χ1n) is 7.68. The topological polar surface area (TPSA) is 66.5 Å². The number of anilines is 2. The molecule has 0 bridgehead atoms. The lowest BCUT2D eigenvalue weighted by atomic mass is 10.3. The molecule has 0 saturated carbocycles. The van der Waals surface area contributed by atoms with E-state index in [1.54, 1.807) is 53.9 Å². The van der Waals surface area contributed by atoms with E-state index < -0.39 is 15.9 Å². The molecule has 2 aromatic carbocycles. The summed E-state index contributed by atoms with van der Waals surface area (Å²) in [7, 11) is -2.49. The van der Waals surface area contributed by atoms with Gasteiger partial charge in [-0.1, -0.05) is 23.2 Å². The number of carbonyl (C=O) groups excluding carboxylic acids is 1. The minimum atomic E-state index is -3.92. The van der Waals surface area contributed by atoms with E-state index in [-0.39, 0.29) is 9.77 Å². The number of hydrogen-bond acceptors (Lipinski definition) is 4. The van der Waals surface area contributed by atoms with E-state index in [4.69, 9.17) is 23.2 Å². The number of nitrogens with zero attached hydrogens (tertiary/aromatic N) is 1. The summed E-state index contributed by atoms with van der Waals surface area (Å²) >= 11 is 12.7. The Morgan fingerprint density at radius 1 is 0.963 bits per heavy atom. The predicted octanol–water partition coefficient (Wildman–Crippen LogP) is 5.13. The number of halogens is 2. The van der Waals surface area contributed by atoms with Crippen molar-refractivity contribution in [2.45, 2.75) is 4.90 Å². The maximum absolute atomic E-state index is 13.0. The van der Waals surface area contributed by atoms with Crippen molar-refractivity contribution >= 4 is 61.8 Å². The van der Waals surface area contributed by atoms with Crippen molar-refractivity contribution in [3.63, 3.8) is 0 Å². The van der Waals surface area contributed by atoms with Crippen LogP contribution in [0.3, 0.4) is 0 Å². The molecule has 1 heterocycles. The normalized spacial score (nSPS) is 11.2. The number of benzene rings is 2. The highest BCUT2D eigenvalue weighted by molar-refractivity contribution is 7.93. The van der Waals surface area contributed by atoms with Crippen LogP contribution < -0.4 is 9.62 Å². The van der Waals surface area contributed by atoms with Crippen LogP contribution in [0.15, 0.2) is 64.9 Å². The second-order valence-corrected chi connectivity index (χ2v) is 9.25. The molecule has 1 aromatic heterocycles. The molecule has 0 saturated heterocycles. The van der Waals surface area contributed by atoms with Crippen LogP contribution in [0, 0.1) is 0 Å². The molecule has 0 radical (unpaired) electrons. The molecule has 0 unspecified atom stereocenters. The number of nitrogens with one attached hydrogen (secondary N) is 1. The summed E-state index contributed by atoms with van der Waals surface area (Å²) in [6.07, 6.45) is 0. The Labute approximate surface area is 171 Å². The van der Waals surface area contributed by atoms with Gasteiger partial charge in [0, 0.05) is 22.8 Å². The lowest BCUT2D eigenvalue weighted by Gasteiger charge is -2.19. The van der Waals surface area contributed by atoms with Crippen molar-refractivity contribution in [3.8, 4) is 0 Å². The van der Waals surface area contributed by atoms with Crippen molar-refractivity contribution in [2.75, 3.05) is 16.7 Å². The Hall–Kier alpha value is -2.06. The van der Waals surface area contributed by atoms with Crippen LogP contribution >= 0.6 is 34.5 Å². The smallest absolute Gasteiger partial charge is 0.267 e. The van der Waals surface area contributed by atoms with Crippen LogP contribution in [0.2, 0.25) is 10.0 Å². The fourth-order valence-electron chi connectivity index (χ4n) is 2.32. The highest BCUT2D eigenvalue weighted by atomic mass is 35.5. The molecule has 9 heteroatoms. The third-order valence-corrected chi connectivity index (χ3v) is 7.14. The molecule has 0 fully saturated rings. The molecule has 3 aromatic rings. The first-order valence-corrected chi connectivity index (χ1v) is 10.8. The fourth-order valence-corrected chi connectivity index (χ4v) is 5.07. The number of sulfonamides is 1. The third kappa shape index (κ3) is 4.27. The van der Waals surface area contributed by atoms with E-state index in [0.717, 1.165) is 15.6 Å². The van der Waals surface area contributed by atoms with Gasteiger partial charge in [0.15, 0.2) is 0 Å². The zero-order valence-corrected chi connectivity index (χ0v) is 17.2. The predicted molar refractivity (Wildman–Crippen MR) is 111 cm³/mol. The Morgan fingerprint density at radius 3 is 2.11 bits per heavy atom. The van der Waals surface area contributed by atoms with Gasteiger partial charge < -0.3 is 5.32 Å². The van der Waals surface area contributed by atoms with Gasteiger partial charge in [-0.25, -0.2) is 8.42 Å². The van der Waals surface area contributed by atoms with Gasteiger partial charge in [0.2, 0.25) is 0 Å². The van der Waals surface area contributed by atoms with Crippen LogP contribution in [-0.4, -0.2) is 21.4 Å². The highest BCUT2D eigenvalue weighted by Crippen LogP contribution is 2.29. The molecular weight excluding hydrogens is 427 g/mol. The second-order valence-electron chi connectivity index (χ2n) is 5.52. The van der Waals surface area contributed by atoms with Crippen LogP contribution in [0.1, 0.15) is 9.67 Å². The summed E-state index contributed by atoms with van der Waals surface area (Å²) in [5, 5.41) is 5.29. The third-order valence-electron chi connectivity index (χ3n) is 3.77. The molecule has 0 aliphatic carbocycles. The number of thiophene rings is 1. The number of amides is 1. The van der Waals surface area contributed by atoms with Crippen molar-refractivity contribution in [3.05, 3.63) is 74.9 Å². The van der Waals surface area contributed by atoms with Crippen LogP contribution in [0.25, 0.3) is 0 Å². The SMILES string of the molecule is CN(c1ccc(Cl)cc1)S(=O)(=O)c1ccsc1C(=O)Nc1ccc(Cl)cc1. The molecule has 3 rings (SSSR count). The van der Waals surface area contributed by atoms with Gasteiger partial charge in [0.25, 0.3) is 15.9 Å². The fraction of sp³-hybridized carbons (Fsp3) is 0.0556. The van der Waals surface area contributed by atoms with Gasteiger partial charge in [-0.2, -0.15) is 0 Å². The average molecular weight is 441 g/mol. The summed E-state index contributed by atoms with van der Waals surface area (Å²) < 4.78 is 27.1. The average Bonchev–Trinajstić information content (AvgIpc) is 3.14. The van der Waals surface area contributed by atoms with Crippen LogP contribution in [-0.2, 0) is 10.0 Å². The summed E-state index contributed by atoms with van der Waals surface area (Å²) in [4.78, 5) is 12.6. The molecule has 140 valence electrons. The van der Waals surface area contributed by atoms with Crippen molar-refractivity contribution in [1.82, 2.24) is 0 Å². The first kappa shape index (κ1) is 19.7. The van der Waals surface area contributed by atoms with Crippen molar-refractivity contribution in [2.24, 2.45) is 0 Å². The van der Waals surface area contributed by atoms with Crippen molar-refractivity contribution < 1.29 is 13.2 Å². The van der Waals surface area contributed by atoms with Crippen LogP contribution in [0.5, 0.6) is 0 Å². The molecular formula is C18H14Cl2N2O3S2. The summed E-state index contributed by atoms with van der Waals surface area (Å²) in [5.41, 5.74) is 0.960. The van der Waals surface area contributed by atoms with E-state index in [0.29, 0.717) is 21.4 Å². The number of hydrogen-bond donors (Lipinski definition) is 1. The quantitative estimate of drug-likeness (QED) is 0.597. The van der Waals surface area contributed by atoms with Gasteiger partial charge in [-0.05, 0) is 60.0 Å². The van der Waals surface area contributed by atoms with E-state index >= 15 is 0 Å². The molecule has 1 amide bonds. The highest BCUT2D eigenvalue weighted by Gasteiger charge is 2.28. The summed E-state index contributed by atoms with van der Waals surface area (Å²) in [6.45, 7) is 0. The maximum Gasteiger partial charge on any atom is 0.267 e. The zero-order valence-electron chi connectivity index (χ0n) is 14.0. The largest absolute Gasteiger partial charge is 0.321 e. The van der Waals surface area contributed by atoms with Gasteiger partial charge >= 0.3 is 0 Å². The standard InChI is InChI=1S/C18H14Cl2N2O3S2/c1-22(15-8-4-13(20)5-9-15)27(24,25)16-10-11-26-17(16)18(23)21-14-6-2-12(19)3-7-14/h2-11H,1H3,(H,21,23). The Morgan fingerprint density at radius 2 is 1.52 bits per heavy atom. The van der Waals surface area contributed by atoms with E-state index in [9.17, 15) is 13.2 Å². The molecule has 0 atom stereocenters. The lowest BCUT2D eigenvalue weighted by Crippen LogP contribution is -2.28. The Kier molecular flexibility index (Phi) is 5.76. The van der Waals surface area contributed by atoms with E-state index in [1.165, 1.54) is 13.1 Å². The monoisotopic (exact) mass is 440 g/mol. The van der Waals surface area contributed by atoms with Gasteiger partial charge in [-0.15, -0.1) is 11.3 Å². The van der Waals surface area contributed by atoms with Gasteiger partial charge in [0.05, 0.1) is 5.69 Å². The molecule has 1 N–H and O–H groups in total. The zero-order chi connectivity index (χ0) is 19.6.